The van der Waals surface area contributed by atoms with Gasteiger partial charge in [0.15, 0.2) is 12.4 Å². The molecule has 0 amide bonds. The monoisotopic (exact) mass is 98.0 g/mol. The maximum absolute atomic E-state index is 10.3. The summed E-state index contributed by atoms with van der Waals surface area (Å²) in [7, 11) is 0. The molecule has 0 saturated carbocycles. The summed E-state index contributed by atoms with van der Waals surface area (Å²) < 4.78 is 4.78. The highest BCUT2D eigenvalue weighted by Crippen LogP contribution is 2.02. The van der Waals surface area contributed by atoms with Crippen LogP contribution in [0.25, 0.3) is 0 Å². The molecule has 0 N–H and O–H groups in total. The van der Waals surface area contributed by atoms with Gasteiger partial charge in [-0.15, -0.1) is 0 Å². The fourth-order valence-corrected chi connectivity index (χ4v) is 0.495. The van der Waals surface area contributed by atoms with Gasteiger partial charge in [0.1, 0.15) is 0 Å². The van der Waals surface area contributed by atoms with Crippen LogP contribution >= 0.6 is 0 Å². The average Bonchev–Trinajstić information content (AvgIpc) is 1.87. The molecule has 0 saturated heterocycles. The quantitative estimate of drug-likeness (QED) is 0.440. The molecule has 1 heterocycles. The van der Waals surface area contributed by atoms with Crippen LogP contribution in [0.15, 0.2) is 11.8 Å². The van der Waals surface area contributed by atoms with Gasteiger partial charge in [-0.2, -0.15) is 0 Å². The molecule has 38 valence electrons. The van der Waals surface area contributed by atoms with Crippen LogP contribution in [0.3, 0.4) is 0 Å². The van der Waals surface area contributed by atoms with Gasteiger partial charge in [-0.25, -0.2) is 0 Å². The van der Waals surface area contributed by atoms with Gasteiger partial charge in [0.25, 0.3) is 0 Å². The summed E-state index contributed by atoms with van der Waals surface area (Å²) in [6, 6.07) is 0. The lowest BCUT2D eigenvalue weighted by Gasteiger charge is -1.88. The van der Waals surface area contributed by atoms with Gasteiger partial charge in [0.2, 0.25) is 0 Å². The van der Waals surface area contributed by atoms with Gasteiger partial charge in [0, 0.05) is 6.08 Å². The first-order chi connectivity index (χ1) is 3.29. The molecule has 0 radical (unpaired) electrons. The maximum atomic E-state index is 10.3. The molecule has 0 spiro atoms. The first kappa shape index (κ1) is 4.37. The number of allylic oxidation sites excluding steroid dienone is 1. The second kappa shape index (κ2) is 1.37. The van der Waals surface area contributed by atoms with Gasteiger partial charge in [-0.1, -0.05) is 0 Å². The van der Waals surface area contributed by atoms with Crippen molar-refractivity contribution in [3.05, 3.63) is 11.8 Å². The van der Waals surface area contributed by atoms with Crippen molar-refractivity contribution in [3.8, 4) is 0 Å². The van der Waals surface area contributed by atoms with Crippen molar-refractivity contribution in [1.29, 1.82) is 0 Å². The van der Waals surface area contributed by atoms with Crippen molar-refractivity contribution in [2.75, 3.05) is 6.61 Å². The third-order valence-electron chi connectivity index (χ3n) is 0.806. The van der Waals surface area contributed by atoms with Crippen LogP contribution in [0.4, 0.5) is 0 Å². The second-order valence-electron chi connectivity index (χ2n) is 1.51. The zero-order chi connectivity index (χ0) is 5.28. The molecule has 1 aliphatic heterocycles. The van der Waals surface area contributed by atoms with Crippen LogP contribution in [-0.4, -0.2) is 12.4 Å². The van der Waals surface area contributed by atoms with Crippen molar-refractivity contribution in [2.45, 2.75) is 6.92 Å². The topological polar surface area (TPSA) is 26.3 Å². The van der Waals surface area contributed by atoms with Crippen LogP contribution in [0, 0.1) is 0 Å². The lowest BCUT2D eigenvalue weighted by molar-refractivity contribution is -0.115. The highest BCUT2D eigenvalue weighted by molar-refractivity contribution is 5.92. The predicted molar refractivity (Wildman–Crippen MR) is 24.7 cm³/mol. The molecule has 0 atom stereocenters. The third-order valence-corrected chi connectivity index (χ3v) is 0.806. The fraction of sp³-hybridized carbons (Fsp3) is 0.400. The van der Waals surface area contributed by atoms with E-state index in [1.807, 2.05) is 0 Å². The first-order valence-corrected chi connectivity index (χ1v) is 2.13. The number of hydrogen-bond donors (Lipinski definition) is 0. The predicted octanol–water partition coefficient (Wildman–Crippen LogP) is 0.490. The molecule has 7 heavy (non-hydrogen) atoms. The van der Waals surface area contributed by atoms with Crippen LogP contribution in [0.5, 0.6) is 0 Å². The zero-order valence-corrected chi connectivity index (χ0v) is 4.10. The van der Waals surface area contributed by atoms with E-state index in [2.05, 4.69) is 0 Å². The van der Waals surface area contributed by atoms with Crippen LogP contribution in [0.2, 0.25) is 0 Å². The molecule has 0 unspecified atom stereocenters. The van der Waals surface area contributed by atoms with Crippen molar-refractivity contribution in [3.63, 3.8) is 0 Å². The largest absolute Gasteiger partial charge is 0.490 e. The van der Waals surface area contributed by atoms with Crippen LogP contribution in [0.1, 0.15) is 6.92 Å². The van der Waals surface area contributed by atoms with Gasteiger partial charge in [-0.3, -0.25) is 4.79 Å². The van der Waals surface area contributed by atoms with Crippen LogP contribution < -0.4 is 0 Å². The Labute approximate surface area is 41.8 Å². The summed E-state index contributed by atoms with van der Waals surface area (Å²) in [6.07, 6.45) is 1.50. The first-order valence-electron chi connectivity index (χ1n) is 2.13. The van der Waals surface area contributed by atoms with E-state index in [1.165, 1.54) is 6.08 Å². The zero-order valence-electron chi connectivity index (χ0n) is 4.10. The summed E-state index contributed by atoms with van der Waals surface area (Å²) in [4.78, 5) is 10.3. The Kier molecular flexibility index (Phi) is 0.855. The van der Waals surface area contributed by atoms with Crippen molar-refractivity contribution >= 4 is 5.78 Å². The number of carbonyl (C=O) groups is 1. The van der Waals surface area contributed by atoms with E-state index in [0.29, 0.717) is 0 Å². The molecular formula is C5H6O2. The molecular weight excluding hydrogens is 92.1 g/mol. The van der Waals surface area contributed by atoms with E-state index < -0.39 is 0 Å². The molecule has 0 aromatic carbocycles. The third kappa shape index (κ3) is 0.796. The lowest BCUT2D eigenvalue weighted by atomic mass is 10.4. The molecule has 1 aliphatic rings. The van der Waals surface area contributed by atoms with Gasteiger partial charge >= 0.3 is 0 Å². The highest BCUT2D eigenvalue weighted by Gasteiger charge is 2.06. The van der Waals surface area contributed by atoms with Crippen LogP contribution in [-0.2, 0) is 9.53 Å². The summed E-state index contributed by atoms with van der Waals surface area (Å²) in [5.41, 5.74) is 0. The summed E-state index contributed by atoms with van der Waals surface area (Å²) >= 11 is 0. The maximum Gasteiger partial charge on any atom is 0.196 e. The number of carbonyl (C=O) groups excluding carboxylic acids is 1. The summed E-state index contributed by atoms with van der Waals surface area (Å²) in [5.74, 6) is 0.794. The number of rotatable bonds is 0. The lowest BCUT2D eigenvalue weighted by Crippen LogP contribution is -1.92. The normalized spacial score (nSPS) is 19.0. The van der Waals surface area contributed by atoms with E-state index in [4.69, 9.17) is 4.74 Å². The van der Waals surface area contributed by atoms with E-state index in [-0.39, 0.29) is 12.4 Å². The standard InChI is InChI=1S/C5H6O2/c1-4-2-5(6)3-7-4/h2H,3H2,1H3. The molecule has 0 fully saturated rings. The minimum atomic E-state index is 0.0671. The molecule has 0 aliphatic carbocycles. The average molecular weight is 98.1 g/mol. The number of ether oxygens (including phenoxy) is 1. The Bertz CT molecular complexity index is 124. The molecule has 2 nitrogen and oxygen atoms in total. The molecule has 0 aromatic rings. The SMILES string of the molecule is CC1=CC(=O)CO1. The van der Waals surface area contributed by atoms with E-state index >= 15 is 0 Å². The van der Waals surface area contributed by atoms with Crippen molar-refractivity contribution in [1.82, 2.24) is 0 Å². The Hall–Kier alpha value is -0.790. The smallest absolute Gasteiger partial charge is 0.196 e. The minimum Gasteiger partial charge on any atom is -0.490 e. The second-order valence-corrected chi connectivity index (χ2v) is 1.51. The van der Waals surface area contributed by atoms with Gasteiger partial charge < -0.3 is 4.74 Å². The fourth-order valence-electron chi connectivity index (χ4n) is 0.495. The van der Waals surface area contributed by atoms with Gasteiger partial charge in [-0.05, 0) is 6.92 Å². The molecule has 0 bridgehead atoms. The highest BCUT2D eigenvalue weighted by atomic mass is 16.5. The summed E-state index contributed by atoms with van der Waals surface area (Å²) in [6.45, 7) is 2.01. The Morgan fingerprint density at radius 3 is 2.71 bits per heavy atom. The van der Waals surface area contributed by atoms with E-state index in [1.54, 1.807) is 6.92 Å². The molecule has 1 rings (SSSR count). The van der Waals surface area contributed by atoms with Crippen molar-refractivity contribution < 1.29 is 9.53 Å². The minimum absolute atomic E-state index is 0.0671. The molecule has 0 aromatic heterocycles. The van der Waals surface area contributed by atoms with Crippen molar-refractivity contribution in [2.24, 2.45) is 0 Å². The van der Waals surface area contributed by atoms with E-state index in [9.17, 15) is 4.79 Å². The number of hydrogen-bond acceptors (Lipinski definition) is 2. The summed E-state index contributed by atoms with van der Waals surface area (Å²) in [5, 5.41) is 0. The Balaban J connectivity index is 2.67. The Morgan fingerprint density at radius 2 is 2.57 bits per heavy atom. The Morgan fingerprint density at radius 1 is 1.86 bits per heavy atom. The van der Waals surface area contributed by atoms with Gasteiger partial charge in [0.05, 0.1) is 5.76 Å². The molecule has 2 heteroatoms. The number of ketones is 1. The van der Waals surface area contributed by atoms with E-state index in [0.717, 1.165) is 5.76 Å².